The Morgan fingerprint density at radius 2 is 2.16 bits per heavy atom. The number of nitrogens with one attached hydrogen (secondary N) is 2. The van der Waals surface area contributed by atoms with Gasteiger partial charge in [-0.25, -0.2) is 8.78 Å². The smallest absolute Gasteiger partial charge is 0.241 e. The van der Waals surface area contributed by atoms with Crippen LogP contribution in [-0.2, 0) is 4.79 Å². The van der Waals surface area contributed by atoms with E-state index in [1.165, 1.54) is 0 Å². The molecule has 1 aliphatic heterocycles. The fourth-order valence-electron chi connectivity index (χ4n) is 2.23. The maximum atomic E-state index is 13.6. The number of carbonyl (C=O) groups is 1. The third kappa shape index (κ3) is 3.30. The molecule has 0 aliphatic carbocycles. The Morgan fingerprint density at radius 3 is 2.84 bits per heavy atom. The van der Waals surface area contributed by atoms with Crippen molar-refractivity contribution in [2.24, 2.45) is 5.92 Å². The summed E-state index contributed by atoms with van der Waals surface area (Å²) in [5, 5.41) is 5.54. The lowest BCUT2D eigenvalue weighted by Crippen LogP contribution is -2.48. The van der Waals surface area contributed by atoms with Gasteiger partial charge in [0, 0.05) is 6.07 Å². The quantitative estimate of drug-likeness (QED) is 0.817. The van der Waals surface area contributed by atoms with Crippen molar-refractivity contribution >= 4 is 27.5 Å². The molecule has 1 aromatic rings. The Hall–Kier alpha value is -1.01. The van der Waals surface area contributed by atoms with E-state index in [4.69, 9.17) is 0 Å². The molecule has 0 radical (unpaired) electrons. The number of anilines is 1. The molecule has 1 aliphatic rings. The summed E-state index contributed by atoms with van der Waals surface area (Å²) in [6.45, 7) is 2.73. The second-order valence-electron chi connectivity index (χ2n) is 4.79. The molecule has 6 heteroatoms. The molecule has 1 amide bonds. The highest BCUT2D eigenvalue weighted by molar-refractivity contribution is 9.10. The summed E-state index contributed by atoms with van der Waals surface area (Å²) in [6, 6.07) is 1.62. The van der Waals surface area contributed by atoms with Crippen molar-refractivity contribution in [2.45, 2.75) is 25.8 Å². The van der Waals surface area contributed by atoms with Gasteiger partial charge in [0.15, 0.2) is 0 Å². The number of amides is 1. The van der Waals surface area contributed by atoms with Crippen LogP contribution in [0.3, 0.4) is 0 Å². The van der Waals surface area contributed by atoms with Gasteiger partial charge in [0.05, 0.1) is 16.2 Å². The molecule has 0 saturated carbocycles. The maximum absolute atomic E-state index is 13.6. The summed E-state index contributed by atoms with van der Waals surface area (Å²) >= 11 is 2.89. The Morgan fingerprint density at radius 1 is 1.42 bits per heavy atom. The van der Waals surface area contributed by atoms with E-state index in [0.717, 1.165) is 31.5 Å². The number of rotatable bonds is 2. The van der Waals surface area contributed by atoms with E-state index in [1.807, 2.05) is 6.92 Å². The Bertz CT molecular complexity index is 496. The van der Waals surface area contributed by atoms with Gasteiger partial charge in [0.1, 0.15) is 11.6 Å². The van der Waals surface area contributed by atoms with Crippen molar-refractivity contribution in [2.75, 3.05) is 11.9 Å². The van der Waals surface area contributed by atoms with Crippen LogP contribution in [0, 0.1) is 17.6 Å². The van der Waals surface area contributed by atoms with Crippen molar-refractivity contribution in [3.8, 4) is 0 Å². The fraction of sp³-hybridized carbons (Fsp3) is 0.462. The number of hydrogen-bond acceptors (Lipinski definition) is 2. The number of hydrogen-bond donors (Lipinski definition) is 2. The number of benzene rings is 1. The van der Waals surface area contributed by atoms with Crippen LogP contribution < -0.4 is 10.6 Å². The largest absolute Gasteiger partial charge is 0.322 e. The second kappa shape index (κ2) is 5.96. The van der Waals surface area contributed by atoms with Crippen molar-refractivity contribution in [3.05, 3.63) is 28.2 Å². The van der Waals surface area contributed by atoms with Crippen LogP contribution >= 0.6 is 15.9 Å². The minimum atomic E-state index is -0.662. The van der Waals surface area contributed by atoms with E-state index in [9.17, 15) is 13.6 Å². The zero-order valence-corrected chi connectivity index (χ0v) is 12.1. The van der Waals surface area contributed by atoms with Crippen LogP contribution in [0.1, 0.15) is 19.8 Å². The summed E-state index contributed by atoms with van der Waals surface area (Å²) < 4.78 is 27.0. The number of carbonyl (C=O) groups excluding carboxylic acids is 1. The van der Waals surface area contributed by atoms with Crippen LogP contribution in [0.4, 0.5) is 14.5 Å². The van der Waals surface area contributed by atoms with Gasteiger partial charge in [-0.3, -0.25) is 4.79 Å². The first-order chi connectivity index (χ1) is 8.99. The highest BCUT2D eigenvalue weighted by Gasteiger charge is 2.28. The first-order valence-electron chi connectivity index (χ1n) is 6.18. The van der Waals surface area contributed by atoms with Crippen molar-refractivity contribution in [1.29, 1.82) is 0 Å². The molecule has 1 heterocycles. The van der Waals surface area contributed by atoms with Crippen molar-refractivity contribution in [3.63, 3.8) is 0 Å². The molecule has 2 rings (SSSR count). The lowest BCUT2D eigenvalue weighted by molar-refractivity contribution is -0.119. The normalized spacial score (nSPS) is 23.2. The molecule has 2 atom stereocenters. The predicted octanol–water partition coefficient (Wildman–Crippen LogP) is 3.05. The zero-order valence-electron chi connectivity index (χ0n) is 10.5. The van der Waals surface area contributed by atoms with Gasteiger partial charge >= 0.3 is 0 Å². The van der Waals surface area contributed by atoms with E-state index in [-0.39, 0.29) is 28.0 Å². The lowest BCUT2D eigenvalue weighted by Gasteiger charge is -2.29. The van der Waals surface area contributed by atoms with Crippen LogP contribution in [-0.4, -0.2) is 18.5 Å². The second-order valence-corrected chi connectivity index (χ2v) is 5.64. The number of piperidine rings is 1. The van der Waals surface area contributed by atoms with Crippen LogP contribution in [0.5, 0.6) is 0 Å². The fourth-order valence-corrected chi connectivity index (χ4v) is 2.54. The Labute approximate surface area is 118 Å². The molecule has 1 aromatic carbocycles. The van der Waals surface area contributed by atoms with Crippen LogP contribution in [0.25, 0.3) is 0 Å². The van der Waals surface area contributed by atoms with Gasteiger partial charge in [-0.15, -0.1) is 0 Å². The molecule has 2 unspecified atom stereocenters. The molecular weight excluding hydrogens is 318 g/mol. The van der Waals surface area contributed by atoms with E-state index in [0.29, 0.717) is 0 Å². The average molecular weight is 333 g/mol. The molecule has 0 aromatic heterocycles. The molecule has 19 heavy (non-hydrogen) atoms. The van der Waals surface area contributed by atoms with Crippen LogP contribution in [0.2, 0.25) is 0 Å². The minimum absolute atomic E-state index is 0.0344. The van der Waals surface area contributed by atoms with Gasteiger partial charge in [-0.1, -0.05) is 6.92 Å². The average Bonchev–Trinajstić information content (AvgIpc) is 2.36. The predicted molar refractivity (Wildman–Crippen MR) is 72.9 cm³/mol. The summed E-state index contributed by atoms with van der Waals surface area (Å²) in [5.41, 5.74) is -0.134. The summed E-state index contributed by atoms with van der Waals surface area (Å²) in [7, 11) is 0. The maximum Gasteiger partial charge on any atom is 0.241 e. The lowest BCUT2D eigenvalue weighted by atomic mass is 9.92. The van der Waals surface area contributed by atoms with Crippen molar-refractivity contribution < 1.29 is 13.6 Å². The summed E-state index contributed by atoms with van der Waals surface area (Å²) in [4.78, 5) is 12.1. The van der Waals surface area contributed by atoms with Gasteiger partial charge in [0.25, 0.3) is 0 Å². The SMILES string of the molecule is CC1CCCNC1C(=O)Nc1cc(F)c(Br)cc1F. The minimum Gasteiger partial charge on any atom is -0.322 e. The summed E-state index contributed by atoms with van der Waals surface area (Å²) in [6.07, 6.45) is 1.97. The highest BCUT2D eigenvalue weighted by Crippen LogP contribution is 2.24. The van der Waals surface area contributed by atoms with Crippen molar-refractivity contribution in [1.82, 2.24) is 5.32 Å². The van der Waals surface area contributed by atoms with Gasteiger partial charge < -0.3 is 10.6 Å². The molecule has 3 nitrogen and oxygen atoms in total. The first-order valence-corrected chi connectivity index (χ1v) is 6.97. The first kappa shape index (κ1) is 14.4. The Balaban J connectivity index is 2.12. The van der Waals surface area contributed by atoms with Crippen LogP contribution in [0.15, 0.2) is 16.6 Å². The molecule has 2 N–H and O–H groups in total. The molecule has 104 valence electrons. The van der Waals surface area contributed by atoms with E-state index in [2.05, 4.69) is 26.6 Å². The molecule has 0 spiro atoms. The highest BCUT2D eigenvalue weighted by atomic mass is 79.9. The van der Waals surface area contributed by atoms with Gasteiger partial charge in [0.2, 0.25) is 5.91 Å². The molecule has 1 fully saturated rings. The topological polar surface area (TPSA) is 41.1 Å². The van der Waals surface area contributed by atoms with Gasteiger partial charge in [-0.05, 0) is 47.3 Å². The van der Waals surface area contributed by atoms with Gasteiger partial charge in [-0.2, -0.15) is 0 Å². The molecule has 1 saturated heterocycles. The molecule has 0 bridgehead atoms. The molecular formula is C13H15BrF2N2O. The summed E-state index contributed by atoms with van der Waals surface area (Å²) in [5.74, 6) is -1.42. The monoisotopic (exact) mass is 332 g/mol. The van der Waals surface area contributed by atoms with E-state index < -0.39 is 11.6 Å². The van der Waals surface area contributed by atoms with E-state index in [1.54, 1.807) is 0 Å². The number of halogens is 3. The standard InChI is InChI=1S/C13H15BrF2N2O/c1-7-3-2-4-17-12(7)13(19)18-11-6-9(15)8(14)5-10(11)16/h5-7,12,17H,2-4H2,1H3,(H,18,19). The van der Waals surface area contributed by atoms with E-state index >= 15 is 0 Å². The third-order valence-corrected chi connectivity index (χ3v) is 3.93. The third-order valence-electron chi connectivity index (χ3n) is 3.32. The Kier molecular flexibility index (Phi) is 4.52. The zero-order chi connectivity index (χ0) is 14.0.